The lowest BCUT2D eigenvalue weighted by molar-refractivity contribution is 0.597. The third-order valence-electron chi connectivity index (χ3n) is 4.18. The van der Waals surface area contributed by atoms with Crippen molar-refractivity contribution in [3.63, 3.8) is 0 Å². The van der Waals surface area contributed by atoms with Gasteiger partial charge in [-0.25, -0.2) is 18.5 Å². The average Bonchev–Trinajstić information content (AvgIpc) is 3.03. The number of aromatic nitrogens is 2. The maximum atomic E-state index is 11.5. The van der Waals surface area contributed by atoms with E-state index in [0.717, 1.165) is 42.4 Å². The van der Waals surface area contributed by atoms with Crippen molar-refractivity contribution in [3.05, 3.63) is 35.7 Å². The SMILES string of the molecule is CN(C)c1ncc(CN2CCc3cc(S(N)(=O)=O)ccc32)n1C. The third kappa shape index (κ3) is 2.91. The van der Waals surface area contributed by atoms with Crippen LogP contribution in [0.1, 0.15) is 11.3 Å². The van der Waals surface area contributed by atoms with Gasteiger partial charge in [0.25, 0.3) is 0 Å². The zero-order valence-corrected chi connectivity index (χ0v) is 14.3. The molecule has 0 amide bonds. The molecule has 0 atom stereocenters. The molecule has 2 heterocycles. The van der Waals surface area contributed by atoms with Gasteiger partial charge in [-0.2, -0.15) is 0 Å². The molecule has 1 aromatic heterocycles. The smallest absolute Gasteiger partial charge is 0.238 e. The molecule has 3 rings (SSSR count). The van der Waals surface area contributed by atoms with Gasteiger partial charge in [-0.15, -0.1) is 0 Å². The molecule has 0 saturated heterocycles. The van der Waals surface area contributed by atoms with E-state index in [9.17, 15) is 8.42 Å². The molecule has 7 nitrogen and oxygen atoms in total. The minimum atomic E-state index is -3.65. The van der Waals surface area contributed by atoms with E-state index in [0.29, 0.717) is 0 Å². The van der Waals surface area contributed by atoms with Crippen LogP contribution >= 0.6 is 0 Å². The van der Waals surface area contributed by atoms with Crippen molar-refractivity contribution < 1.29 is 8.42 Å². The first kappa shape index (κ1) is 15.8. The van der Waals surface area contributed by atoms with Crippen LogP contribution < -0.4 is 14.9 Å². The lowest BCUT2D eigenvalue weighted by atomic mass is 10.2. The van der Waals surface area contributed by atoms with Gasteiger partial charge in [0.05, 0.1) is 23.3 Å². The summed E-state index contributed by atoms with van der Waals surface area (Å²) in [5.74, 6) is 0.906. The predicted octanol–water partition coefficient (Wildman–Crippen LogP) is 0.696. The summed E-state index contributed by atoms with van der Waals surface area (Å²) in [6.07, 6.45) is 2.70. The molecule has 2 aromatic rings. The van der Waals surface area contributed by atoms with Gasteiger partial charge in [0.1, 0.15) is 0 Å². The van der Waals surface area contributed by atoms with Crippen LogP contribution in [0, 0.1) is 0 Å². The molecule has 8 heteroatoms. The second-order valence-corrected chi connectivity index (χ2v) is 7.57. The Hall–Kier alpha value is -2.06. The average molecular weight is 335 g/mol. The first-order chi connectivity index (χ1) is 10.8. The molecule has 2 N–H and O–H groups in total. The Morgan fingerprint density at radius 2 is 2.09 bits per heavy atom. The Balaban J connectivity index is 1.86. The first-order valence-electron chi connectivity index (χ1n) is 7.36. The number of benzene rings is 1. The molecular weight excluding hydrogens is 314 g/mol. The molecule has 23 heavy (non-hydrogen) atoms. The highest BCUT2D eigenvalue weighted by molar-refractivity contribution is 7.89. The summed E-state index contributed by atoms with van der Waals surface area (Å²) in [6.45, 7) is 1.59. The van der Waals surface area contributed by atoms with Crippen molar-refractivity contribution in [2.24, 2.45) is 12.2 Å². The molecule has 0 fully saturated rings. The fraction of sp³-hybridized carbons (Fsp3) is 0.400. The molecule has 1 aromatic carbocycles. The van der Waals surface area contributed by atoms with E-state index in [1.165, 1.54) is 0 Å². The quantitative estimate of drug-likeness (QED) is 0.889. The zero-order chi connectivity index (χ0) is 16.8. The van der Waals surface area contributed by atoms with Crippen molar-refractivity contribution in [1.82, 2.24) is 9.55 Å². The van der Waals surface area contributed by atoms with E-state index in [1.807, 2.05) is 38.3 Å². The summed E-state index contributed by atoms with van der Waals surface area (Å²) in [7, 11) is 2.28. The number of nitrogens with zero attached hydrogens (tertiary/aromatic N) is 4. The number of anilines is 2. The highest BCUT2D eigenvalue weighted by atomic mass is 32.2. The minimum Gasteiger partial charge on any atom is -0.365 e. The van der Waals surface area contributed by atoms with Crippen molar-refractivity contribution in [2.45, 2.75) is 17.9 Å². The molecule has 1 aliphatic heterocycles. The van der Waals surface area contributed by atoms with Crippen molar-refractivity contribution >= 4 is 21.7 Å². The first-order valence-corrected chi connectivity index (χ1v) is 8.90. The summed E-state index contributed by atoms with van der Waals surface area (Å²) in [4.78, 5) is 8.81. The standard InChI is InChI=1S/C15H21N5O2S/c1-18(2)15-17-9-12(19(15)3)10-20-7-6-11-8-13(23(16,21)22)4-5-14(11)20/h4-5,8-9H,6-7,10H2,1-3H3,(H2,16,21,22). The van der Waals surface area contributed by atoms with Crippen molar-refractivity contribution in [2.75, 3.05) is 30.4 Å². The van der Waals surface area contributed by atoms with E-state index in [2.05, 4.69) is 14.5 Å². The molecule has 124 valence electrons. The van der Waals surface area contributed by atoms with Crippen LogP contribution in [0.15, 0.2) is 29.3 Å². The molecule has 0 spiro atoms. The topological polar surface area (TPSA) is 84.5 Å². The molecular formula is C15H21N5O2S. The molecule has 0 unspecified atom stereocenters. The van der Waals surface area contributed by atoms with E-state index in [-0.39, 0.29) is 4.90 Å². The Morgan fingerprint density at radius 3 is 2.70 bits per heavy atom. The van der Waals surface area contributed by atoms with Gasteiger partial charge < -0.3 is 14.4 Å². The van der Waals surface area contributed by atoms with Crippen LogP contribution in [0.2, 0.25) is 0 Å². The van der Waals surface area contributed by atoms with Gasteiger partial charge in [-0.3, -0.25) is 0 Å². The lowest BCUT2D eigenvalue weighted by Gasteiger charge is -2.20. The van der Waals surface area contributed by atoms with E-state index >= 15 is 0 Å². The normalized spacial score (nSPS) is 14.2. The number of fused-ring (bicyclic) bond motifs is 1. The van der Waals surface area contributed by atoms with Crippen LogP contribution in [0.25, 0.3) is 0 Å². The summed E-state index contributed by atoms with van der Waals surface area (Å²) in [6, 6.07) is 5.09. The Bertz CT molecular complexity index is 842. The van der Waals surface area contributed by atoms with Crippen molar-refractivity contribution in [1.29, 1.82) is 0 Å². The van der Waals surface area contributed by atoms with E-state index < -0.39 is 10.0 Å². The van der Waals surface area contributed by atoms with Gasteiger partial charge in [0.15, 0.2) is 0 Å². The number of imidazole rings is 1. The summed E-state index contributed by atoms with van der Waals surface area (Å²) in [5.41, 5.74) is 3.19. The monoisotopic (exact) mass is 335 g/mol. The summed E-state index contributed by atoms with van der Waals surface area (Å²) >= 11 is 0. The molecule has 0 saturated carbocycles. The lowest BCUT2D eigenvalue weighted by Crippen LogP contribution is -2.22. The fourth-order valence-electron chi connectivity index (χ4n) is 2.98. The molecule has 0 radical (unpaired) electrons. The van der Waals surface area contributed by atoms with Crippen LogP contribution in [0.4, 0.5) is 11.6 Å². The van der Waals surface area contributed by atoms with Crippen LogP contribution in [0.3, 0.4) is 0 Å². The van der Waals surface area contributed by atoms with Crippen LogP contribution in [-0.4, -0.2) is 38.6 Å². The highest BCUT2D eigenvalue weighted by Gasteiger charge is 2.22. The Morgan fingerprint density at radius 1 is 1.35 bits per heavy atom. The van der Waals surface area contributed by atoms with Crippen LogP contribution in [0.5, 0.6) is 0 Å². The van der Waals surface area contributed by atoms with Gasteiger partial charge in [0, 0.05) is 33.4 Å². The fourth-order valence-corrected chi connectivity index (χ4v) is 3.54. The molecule has 1 aliphatic rings. The minimum absolute atomic E-state index is 0.175. The van der Waals surface area contributed by atoms with Gasteiger partial charge in [-0.05, 0) is 30.2 Å². The second-order valence-electron chi connectivity index (χ2n) is 6.01. The third-order valence-corrected chi connectivity index (χ3v) is 5.09. The number of hydrogen-bond donors (Lipinski definition) is 1. The number of hydrogen-bond acceptors (Lipinski definition) is 5. The van der Waals surface area contributed by atoms with Gasteiger partial charge in [-0.1, -0.05) is 0 Å². The van der Waals surface area contributed by atoms with E-state index in [4.69, 9.17) is 5.14 Å². The van der Waals surface area contributed by atoms with Crippen molar-refractivity contribution in [3.8, 4) is 0 Å². The number of sulfonamides is 1. The number of nitrogens with two attached hydrogens (primary N) is 1. The second kappa shape index (κ2) is 5.54. The Kier molecular flexibility index (Phi) is 3.81. The maximum Gasteiger partial charge on any atom is 0.238 e. The van der Waals surface area contributed by atoms with E-state index in [1.54, 1.807) is 12.1 Å². The maximum absolute atomic E-state index is 11.5. The van der Waals surface area contributed by atoms with Crippen LogP contribution in [-0.2, 0) is 30.0 Å². The van der Waals surface area contributed by atoms with Gasteiger partial charge in [0.2, 0.25) is 16.0 Å². The summed E-state index contributed by atoms with van der Waals surface area (Å²) < 4.78 is 25.0. The predicted molar refractivity (Wildman–Crippen MR) is 90.1 cm³/mol. The van der Waals surface area contributed by atoms with Gasteiger partial charge >= 0.3 is 0 Å². The highest BCUT2D eigenvalue weighted by Crippen LogP contribution is 2.31. The molecule has 0 bridgehead atoms. The largest absolute Gasteiger partial charge is 0.365 e. The number of rotatable bonds is 4. The Labute approximate surface area is 136 Å². The molecule has 0 aliphatic carbocycles. The summed E-state index contributed by atoms with van der Waals surface area (Å²) in [5, 5.41) is 5.20. The number of primary sulfonamides is 1. The zero-order valence-electron chi connectivity index (χ0n) is 13.5.